The fraction of sp³-hybridized carbons (Fsp3) is 0.360. The molecule has 2 aromatic carbocycles. The number of ether oxygens (including phenoxy) is 1. The summed E-state index contributed by atoms with van der Waals surface area (Å²) in [5.41, 5.74) is 4.28. The number of nitrogens with zero attached hydrogens (tertiary/aromatic N) is 3. The average Bonchev–Trinajstić information content (AvgIpc) is 3.17. The molecule has 0 radical (unpaired) electrons. The highest BCUT2D eigenvalue weighted by molar-refractivity contribution is 6.42. The lowest BCUT2D eigenvalue weighted by atomic mass is 10.1. The van der Waals surface area contributed by atoms with Gasteiger partial charge in [0.1, 0.15) is 18.1 Å². The molecule has 8 heteroatoms. The van der Waals surface area contributed by atoms with Crippen LogP contribution in [0.5, 0.6) is 5.75 Å². The summed E-state index contributed by atoms with van der Waals surface area (Å²) < 4.78 is 11.4. The maximum atomic E-state index is 13.2. The Morgan fingerprint density at radius 1 is 1.03 bits per heavy atom. The largest absolute Gasteiger partial charge is 0.488 e. The first-order valence-corrected chi connectivity index (χ1v) is 11.7. The fourth-order valence-corrected chi connectivity index (χ4v) is 4.22. The van der Waals surface area contributed by atoms with E-state index in [-0.39, 0.29) is 12.5 Å². The molecule has 0 aliphatic carbocycles. The molecule has 0 N–H and O–H groups in total. The number of carbonyl (C=O) groups is 1. The SMILES string of the molecule is Cc1ccc(C)c(OCc2c(C(=O)N3CCN(Cc4ccc(Cl)c(Cl)c4)CC3)noc2C)c1. The minimum Gasteiger partial charge on any atom is -0.488 e. The van der Waals surface area contributed by atoms with Gasteiger partial charge in [-0.25, -0.2) is 0 Å². The summed E-state index contributed by atoms with van der Waals surface area (Å²) in [5.74, 6) is 1.27. The predicted octanol–water partition coefficient (Wildman–Crippen LogP) is 5.44. The Labute approximate surface area is 204 Å². The van der Waals surface area contributed by atoms with E-state index in [0.29, 0.717) is 40.2 Å². The van der Waals surface area contributed by atoms with Gasteiger partial charge in [0.2, 0.25) is 0 Å². The van der Waals surface area contributed by atoms with Crippen LogP contribution in [0.4, 0.5) is 0 Å². The molecule has 0 unspecified atom stereocenters. The molecule has 1 aliphatic rings. The van der Waals surface area contributed by atoms with Crippen molar-refractivity contribution < 1.29 is 14.1 Å². The van der Waals surface area contributed by atoms with Crippen LogP contribution >= 0.6 is 23.2 Å². The molecule has 0 spiro atoms. The van der Waals surface area contributed by atoms with E-state index in [1.165, 1.54) is 0 Å². The van der Waals surface area contributed by atoms with E-state index in [4.69, 9.17) is 32.5 Å². The van der Waals surface area contributed by atoms with E-state index in [9.17, 15) is 4.79 Å². The van der Waals surface area contributed by atoms with Crippen LogP contribution in [0.15, 0.2) is 40.9 Å². The van der Waals surface area contributed by atoms with Gasteiger partial charge in [0, 0.05) is 32.7 Å². The summed E-state index contributed by atoms with van der Waals surface area (Å²) in [4.78, 5) is 17.3. The van der Waals surface area contributed by atoms with Gasteiger partial charge < -0.3 is 14.2 Å². The lowest BCUT2D eigenvalue weighted by Gasteiger charge is -2.34. The van der Waals surface area contributed by atoms with Gasteiger partial charge in [-0.15, -0.1) is 0 Å². The third kappa shape index (κ3) is 5.52. The molecule has 0 atom stereocenters. The number of aryl methyl sites for hydroxylation is 3. The molecule has 2 heterocycles. The number of hydrogen-bond acceptors (Lipinski definition) is 5. The highest BCUT2D eigenvalue weighted by atomic mass is 35.5. The molecule has 1 aliphatic heterocycles. The van der Waals surface area contributed by atoms with Crippen molar-refractivity contribution in [3.8, 4) is 5.75 Å². The summed E-state index contributed by atoms with van der Waals surface area (Å²) in [6.07, 6.45) is 0. The molecule has 1 aromatic heterocycles. The molecule has 4 rings (SSSR count). The van der Waals surface area contributed by atoms with Crippen LogP contribution in [-0.2, 0) is 13.2 Å². The van der Waals surface area contributed by atoms with Crippen molar-refractivity contribution in [2.45, 2.75) is 33.9 Å². The maximum absolute atomic E-state index is 13.2. The van der Waals surface area contributed by atoms with Crippen LogP contribution in [-0.4, -0.2) is 47.0 Å². The molecule has 174 valence electrons. The Kier molecular flexibility index (Phi) is 7.27. The van der Waals surface area contributed by atoms with Crippen LogP contribution < -0.4 is 4.74 Å². The third-order valence-corrected chi connectivity index (χ3v) is 6.69. The molecule has 0 bridgehead atoms. The molecule has 1 amide bonds. The average molecular weight is 488 g/mol. The van der Waals surface area contributed by atoms with Crippen LogP contribution in [0.2, 0.25) is 10.0 Å². The van der Waals surface area contributed by atoms with Crippen LogP contribution in [0.1, 0.15) is 38.5 Å². The summed E-state index contributed by atoms with van der Waals surface area (Å²) in [6.45, 7) is 9.57. The fourth-order valence-electron chi connectivity index (χ4n) is 3.90. The Hall–Kier alpha value is -2.54. The van der Waals surface area contributed by atoms with Crippen LogP contribution in [0.3, 0.4) is 0 Å². The van der Waals surface area contributed by atoms with Gasteiger partial charge in [-0.1, -0.05) is 46.6 Å². The summed E-state index contributed by atoms with van der Waals surface area (Å²) in [7, 11) is 0. The maximum Gasteiger partial charge on any atom is 0.276 e. The quantitative estimate of drug-likeness (QED) is 0.462. The molecule has 6 nitrogen and oxygen atoms in total. The zero-order chi connectivity index (χ0) is 23.5. The Bertz CT molecular complexity index is 1150. The number of hydrogen-bond donors (Lipinski definition) is 0. The first-order chi connectivity index (χ1) is 15.8. The minimum absolute atomic E-state index is 0.124. The highest BCUT2D eigenvalue weighted by Gasteiger charge is 2.28. The van der Waals surface area contributed by atoms with Gasteiger partial charge in [-0.3, -0.25) is 9.69 Å². The van der Waals surface area contributed by atoms with E-state index >= 15 is 0 Å². The summed E-state index contributed by atoms with van der Waals surface area (Å²) in [6, 6.07) is 11.7. The lowest BCUT2D eigenvalue weighted by Crippen LogP contribution is -2.48. The normalized spacial score (nSPS) is 14.5. The van der Waals surface area contributed by atoms with E-state index in [0.717, 1.165) is 42.1 Å². The van der Waals surface area contributed by atoms with E-state index < -0.39 is 0 Å². The summed E-state index contributed by atoms with van der Waals surface area (Å²) in [5, 5.41) is 5.17. The van der Waals surface area contributed by atoms with Crippen molar-refractivity contribution in [1.82, 2.24) is 15.0 Å². The van der Waals surface area contributed by atoms with E-state index in [2.05, 4.69) is 10.1 Å². The molecule has 1 saturated heterocycles. The minimum atomic E-state index is -0.124. The second kappa shape index (κ2) is 10.2. The predicted molar refractivity (Wildman–Crippen MR) is 129 cm³/mol. The molecule has 0 saturated carbocycles. The first-order valence-electron chi connectivity index (χ1n) is 10.9. The molecule has 3 aromatic rings. The Balaban J connectivity index is 1.38. The smallest absolute Gasteiger partial charge is 0.276 e. The molecule has 33 heavy (non-hydrogen) atoms. The number of carbonyl (C=O) groups excluding carboxylic acids is 1. The number of aromatic nitrogens is 1. The zero-order valence-electron chi connectivity index (χ0n) is 19.0. The topological polar surface area (TPSA) is 58.8 Å². The first kappa shape index (κ1) is 23.6. The molecule has 1 fully saturated rings. The monoisotopic (exact) mass is 487 g/mol. The Morgan fingerprint density at radius 3 is 2.52 bits per heavy atom. The van der Waals surface area contributed by atoms with Crippen LogP contribution in [0, 0.1) is 20.8 Å². The van der Waals surface area contributed by atoms with Gasteiger partial charge in [0.15, 0.2) is 5.69 Å². The zero-order valence-corrected chi connectivity index (χ0v) is 20.5. The molecular weight excluding hydrogens is 461 g/mol. The number of piperazine rings is 1. The van der Waals surface area contributed by atoms with Crippen molar-refractivity contribution in [3.05, 3.63) is 80.2 Å². The van der Waals surface area contributed by atoms with Crippen molar-refractivity contribution in [2.24, 2.45) is 0 Å². The molecular formula is C25H27Cl2N3O3. The second-order valence-electron chi connectivity index (χ2n) is 8.44. The second-order valence-corrected chi connectivity index (χ2v) is 9.25. The standard InChI is InChI=1S/C25H27Cl2N3O3/c1-16-4-5-17(2)23(12-16)32-15-20-18(3)33-28-24(20)25(31)30-10-8-29(9-11-30)14-19-6-7-21(26)22(27)13-19/h4-7,12-13H,8-11,14-15H2,1-3H3. The van der Waals surface area contributed by atoms with E-state index in [1.54, 1.807) is 6.92 Å². The number of rotatable bonds is 6. The lowest BCUT2D eigenvalue weighted by molar-refractivity contribution is 0.0616. The number of benzene rings is 2. The van der Waals surface area contributed by atoms with Gasteiger partial charge in [0.05, 0.1) is 15.6 Å². The van der Waals surface area contributed by atoms with Crippen molar-refractivity contribution in [3.63, 3.8) is 0 Å². The van der Waals surface area contributed by atoms with Gasteiger partial charge >= 0.3 is 0 Å². The van der Waals surface area contributed by atoms with Crippen molar-refractivity contribution >= 4 is 29.1 Å². The number of halogens is 2. The number of amides is 1. The van der Waals surface area contributed by atoms with Gasteiger partial charge in [0.25, 0.3) is 5.91 Å². The Morgan fingerprint density at radius 2 is 1.79 bits per heavy atom. The van der Waals surface area contributed by atoms with Crippen molar-refractivity contribution in [1.29, 1.82) is 0 Å². The van der Waals surface area contributed by atoms with E-state index in [1.807, 2.05) is 55.1 Å². The highest BCUT2D eigenvalue weighted by Crippen LogP contribution is 2.25. The van der Waals surface area contributed by atoms with Crippen molar-refractivity contribution in [2.75, 3.05) is 26.2 Å². The van der Waals surface area contributed by atoms with Gasteiger partial charge in [-0.05, 0) is 55.7 Å². The summed E-state index contributed by atoms with van der Waals surface area (Å²) >= 11 is 12.1. The van der Waals surface area contributed by atoms with Gasteiger partial charge in [-0.2, -0.15) is 0 Å². The third-order valence-electron chi connectivity index (χ3n) is 5.95. The van der Waals surface area contributed by atoms with Crippen LogP contribution in [0.25, 0.3) is 0 Å².